The molecule has 3 nitrogen and oxygen atoms in total. The first-order valence-corrected chi connectivity index (χ1v) is 7.85. The Hall–Kier alpha value is -1.40. The lowest BCUT2D eigenvalue weighted by atomic mass is 10.2. The molecule has 0 heterocycles. The molecule has 19 heavy (non-hydrogen) atoms. The molecule has 0 saturated carbocycles. The second kappa shape index (κ2) is 5.30. The van der Waals surface area contributed by atoms with Crippen molar-refractivity contribution in [2.75, 3.05) is 5.73 Å². The molecule has 2 aromatic carbocycles. The molecule has 0 aliphatic rings. The molecule has 2 N–H and O–H groups in total. The van der Waals surface area contributed by atoms with Crippen LogP contribution in [0.4, 0.5) is 10.1 Å². The number of anilines is 1. The first-order chi connectivity index (χ1) is 8.88. The van der Waals surface area contributed by atoms with Gasteiger partial charge in [0.05, 0.1) is 10.6 Å². The zero-order valence-corrected chi connectivity index (χ0v) is 12.2. The van der Waals surface area contributed by atoms with Crippen LogP contribution in [0, 0.1) is 5.82 Å². The number of nitrogens with two attached hydrogens (primary N) is 1. The van der Waals surface area contributed by atoms with E-state index in [4.69, 9.17) is 5.73 Å². The van der Waals surface area contributed by atoms with Gasteiger partial charge in [0.15, 0.2) is 9.84 Å². The van der Waals surface area contributed by atoms with Gasteiger partial charge < -0.3 is 5.73 Å². The summed E-state index contributed by atoms with van der Waals surface area (Å²) in [7, 11) is -3.59. The van der Waals surface area contributed by atoms with E-state index in [1.807, 2.05) is 0 Å². The molecule has 0 spiro atoms. The Morgan fingerprint density at radius 3 is 2.37 bits per heavy atom. The number of sulfone groups is 1. The van der Waals surface area contributed by atoms with E-state index in [2.05, 4.69) is 15.9 Å². The quantitative estimate of drug-likeness (QED) is 0.871. The highest BCUT2D eigenvalue weighted by molar-refractivity contribution is 9.10. The van der Waals surface area contributed by atoms with Crippen molar-refractivity contribution in [2.24, 2.45) is 0 Å². The summed E-state index contributed by atoms with van der Waals surface area (Å²) in [5.41, 5.74) is 6.12. The van der Waals surface area contributed by atoms with Crippen molar-refractivity contribution in [1.29, 1.82) is 0 Å². The number of halogens is 2. The molecule has 0 amide bonds. The Morgan fingerprint density at radius 1 is 1.11 bits per heavy atom. The first kappa shape index (κ1) is 14.0. The summed E-state index contributed by atoms with van der Waals surface area (Å²) >= 11 is 3.19. The van der Waals surface area contributed by atoms with Gasteiger partial charge in [0.1, 0.15) is 5.82 Å². The normalized spacial score (nSPS) is 11.5. The average Bonchev–Trinajstić information content (AvgIpc) is 2.34. The van der Waals surface area contributed by atoms with E-state index in [1.54, 1.807) is 0 Å². The van der Waals surface area contributed by atoms with Gasteiger partial charge in [0.25, 0.3) is 0 Å². The fourth-order valence-corrected chi connectivity index (χ4v) is 3.37. The number of rotatable bonds is 3. The standard InChI is InChI=1S/C13H11BrFNO2S/c14-10-1-6-13(15)9(7-10)8-19(17,18)12-4-2-11(16)3-5-12/h1-7H,8,16H2. The molecular formula is C13H11BrFNO2S. The van der Waals surface area contributed by atoms with Crippen LogP contribution in [0.2, 0.25) is 0 Å². The molecule has 0 fully saturated rings. The SMILES string of the molecule is Nc1ccc(S(=O)(=O)Cc2cc(Br)ccc2F)cc1. The van der Waals surface area contributed by atoms with Crippen LogP contribution in [0.15, 0.2) is 51.8 Å². The number of nitrogen functional groups attached to an aromatic ring is 1. The van der Waals surface area contributed by atoms with Gasteiger partial charge in [-0.1, -0.05) is 15.9 Å². The summed E-state index contributed by atoms with van der Waals surface area (Å²) in [5.74, 6) is -0.926. The third-order valence-electron chi connectivity index (χ3n) is 2.59. The maximum absolute atomic E-state index is 13.6. The topological polar surface area (TPSA) is 60.2 Å². The van der Waals surface area contributed by atoms with Crippen LogP contribution >= 0.6 is 15.9 Å². The van der Waals surface area contributed by atoms with E-state index in [0.717, 1.165) is 0 Å². The lowest BCUT2D eigenvalue weighted by Crippen LogP contribution is -2.06. The van der Waals surface area contributed by atoms with Gasteiger partial charge in [-0.3, -0.25) is 0 Å². The van der Waals surface area contributed by atoms with Crippen molar-refractivity contribution < 1.29 is 12.8 Å². The summed E-state index contributed by atoms with van der Waals surface area (Å²) in [5, 5.41) is 0. The number of hydrogen-bond donors (Lipinski definition) is 1. The Morgan fingerprint density at radius 2 is 1.74 bits per heavy atom. The number of hydrogen-bond acceptors (Lipinski definition) is 3. The van der Waals surface area contributed by atoms with Gasteiger partial charge in [-0.25, -0.2) is 12.8 Å². The molecule has 2 aromatic rings. The highest BCUT2D eigenvalue weighted by Crippen LogP contribution is 2.22. The Labute approximate surface area is 119 Å². The van der Waals surface area contributed by atoms with Crippen LogP contribution in [-0.2, 0) is 15.6 Å². The van der Waals surface area contributed by atoms with Gasteiger partial charge in [-0.2, -0.15) is 0 Å². The molecular weight excluding hydrogens is 333 g/mol. The van der Waals surface area contributed by atoms with Gasteiger partial charge in [0, 0.05) is 15.7 Å². The largest absolute Gasteiger partial charge is 0.399 e. The van der Waals surface area contributed by atoms with Crippen molar-refractivity contribution >= 4 is 31.5 Å². The third kappa shape index (κ3) is 3.33. The predicted octanol–water partition coefficient (Wildman–Crippen LogP) is 3.14. The fourth-order valence-electron chi connectivity index (χ4n) is 1.62. The zero-order chi connectivity index (χ0) is 14.0. The van der Waals surface area contributed by atoms with Crippen LogP contribution in [0.25, 0.3) is 0 Å². The maximum atomic E-state index is 13.6. The van der Waals surface area contributed by atoms with E-state index in [0.29, 0.717) is 10.2 Å². The second-order valence-electron chi connectivity index (χ2n) is 4.06. The summed E-state index contributed by atoms with van der Waals surface area (Å²) in [6.45, 7) is 0. The Kier molecular flexibility index (Phi) is 3.91. The third-order valence-corrected chi connectivity index (χ3v) is 4.77. The van der Waals surface area contributed by atoms with Crippen molar-refractivity contribution in [1.82, 2.24) is 0 Å². The molecule has 0 aliphatic carbocycles. The summed E-state index contributed by atoms with van der Waals surface area (Å²) in [4.78, 5) is 0.126. The molecule has 100 valence electrons. The minimum Gasteiger partial charge on any atom is -0.399 e. The Balaban J connectivity index is 2.36. The Bertz CT molecular complexity index is 699. The molecule has 0 atom stereocenters. The summed E-state index contributed by atoms with van der Waals surface area (Å²) < 4.78 is 38.5. The van der Waals surface area contributed by atoms with Crippen LogP contribution < -0.4 is 5.73 Å². The van der Waals surface area contributed by atoms with Crippen molar-refractivity contribution in [3.05, 3.63) is 58.3 Å². The highest BCUT2D eigenvalue weighted by Gasteiger charge is 2.17. The molecule has 0 radical (unpaired) electrons. The minimum atomic E-state index is -3.59. The molecule has 6 heteroatoms. The van der Waals surface area contributed by atoms with Crippen molar-refractivity contribution in [3.63, 3.8) is 0 Å². The fraction of sp³-hybridized carbons (Fsp3) is 0.0769. The maximum Gasteiger partial charge on any atom is 0.182 e. The predicted molar refractivity (Wildman–Crippen MR) is 75.8 cm³/mol. The summed E-state index contributed by atoms with van der Waals surface area (Å²) in [6, 6.07) is 10.1. The highest BCUT2D eigenvalue weighted by atomic mass is 79.9. The smallest absolute Gasteiger partial charge is 0.182 e. The monoisotopic (exact) mass is 343 g/mol. The van der Waals surface area contributed by atoms with Gasteiger partial charge in [-0.15, -0.1) is 0 Å². The van der Waals surface area contributed by atoms with Crippen molar-refractivity contribution in [2.45, 2.75) is 10.6 Å². The van der Waals surface area contributed by atoms with E-state index >= 15 is 0 Å². The molecule has 0 saturated heterocycles. The summed E-state index contributed by atoms with van der Waals surface area (Å²) in [6.07, 6.45) is 0. The zero-order valence-electron chi connectivity index (χ0n) is 9.81. The van der Waals surface area contributed by atoms with Gasteiger partial charge in [0.2, 0.25) is 0 Å². The van der Waals surface area contributed by atoms with Crippen LogP contribution in [0.5, 0.6) is 0 Å². The number of benzene rings is 2. The molecule has 0 bridgehead atoms. The average molecular weight is 344 g/mol. The van der Waals surface area contributed by atoms with Gasteiger partial charge in [-0.05, 0) is 42.5 Å². The molecule has 0 aromatic heterocycles. The molecule has 0 aliphatic heterocycles. The van der Waals surface area contributed by atoms with E-state index in [9.17, 15) is 12.8 Å². The first-order valence-electron chi connectivity index (χ1n) is 5.41. The molecule has 0 unspecified atom stereocenters. The van der Waals surface area contributed by atoms with Crippen LogP contribution in [0.3, 0.4) is 0 Å². The van der Waals surface area contributed by atoms with Crippen molar-refractivity contribution in [3.8, 4) is 0 Å². The lowest BCUT2D eigenvalue weighted by molar-refractivity contribution is 0.587. The van der Waals surface area contributed by atoms with Gasteiger partial charge >= 0.3 is 0 Å². The van der Waals surface area contributed by atoms with E-state index in [-0.39, 0.29) is 16.2 Å². The van der Waals surface area contributed by atoms with E-state index < -0.39 is 15.7 Å². The molecule has 2 rings (SSSR count). The van der Waals surface area contributed by atoms with Crippen LogP contribution in [-0.4, -0.2) is 8.42 Å². The lowest BCUT2D eigenvalue weighted by Gasteiger charge is -2.06. The minimum absolute atomic E-state index is 0.126. The van der Waals surface area contributed by atoms with E-state index in [1.165, 1.54) is 42.5 Å². The van der Waals surface area contributed by atoms with Crippen LogP contribution in [0.1, 0.15) is 5.56 Å². The second-order valence-corrected chi connectivity index (χ2v) is 6.97.